The Labute approximate surface area is 148 Å². The Hall–Kier alpha value is -1.54. The first-order chi connectivity index (χ1) is 11.6. The zero-order valence-electron chi connectivity index (χ0n) is 15.7. The molecule has 2 heterocycles. The van der Waals surface area contributed by atoms with E-state index in [0.717, 1.165) is 6.42 Å². The van der Waals surface area contributed by atoms with Gasteiger partial charge in [0.2, 0.25) is 6.43 Å². The SMILES string of the molecule is CCC1(C)OB(c2cnc(/N=C/N(C)C)cc2CC(F)F)OC1(C)C. The summed E-state index contributed by atoms with van der Waals surface area (Å²) in [5.74, 6) is 0.378. The molecule has 0 spiro atoms. The molecule has 0 N–H and O–H groups in total. The van der Waals surface area contributed by atoms with Gasteiger partial charge in [-0.2, -0.15) is 0 Å². The van der Waals surface area contributed by atoms with Crippen molar-refractivity contribution in [1.82, 2.24) is 9.88 Å². The van der Waals surface area contributed by atoms with Gasteiger partial charge in [-0.25, -0.2) is 18.8 Å². The predicted octanol–water partition coefficient (Wildman–Crippen LogP) is 2.80. The van der Waals surface area contributed by atoms with Crippen LogP contribution < -0.4 is 5.46 Å². The fourth-order valence-corrected chi connectivity index (χ4v) is 2.73. The quantitative estimate of drug-likeness (QED) is 0.448. The minimum absolute atomic E-state index is 0.378. The molecule has 0 aromatic carbocycles. The topological polar surface area (TPSA) is 47.0 Å². The Morgan fingerprint density at radius 3 is 2.52 bits per heavy atom. The maximum atomic E-state index is 13.1. The molecule has 1 saturated heterocycles. The normalized spacial score (nSPS) is 23.0. The van der Waals surface area contributed by atoms with Gasteiger partial charge in [0, 0.05) is 32.2 Å². The third-order valence-electron chi connectivity index (χ3n) is 4.78. The van der Waals surface area contributed by atoms with Gasteiger partial charge in [-0.05, 0) is 38.8 Å². The van der Waals surface area contributed by atoms with Crippen LogP contribution in [0.2, 0.25) is 0 Å². The summed E-state index contributed by atoms with van der Waals surface area (Å²) < 4.78 is 38.3. The Bertz CT molecular complexity index is 640. The molecule has 1 aromatic heterocycles. The summed E-state index contributed by atoms with van der Waals surface area (Å²) in [5, 5.41) is 0. The van der Waals surface area contributed by atoms with E-state index >= 15 is 0 Å². The fourth-order valence-electron chi connectivity index (χ4n) is 2.73. The molecular formula is C17H26BF2N3O2. The third-order valence-corrected chi connectivity index (χ3v) is 4.78. The Morgan fingerprint density at radius 1 is 1.32 bits per heavy atom. The molecule has 1 aliphatic heterocycles. The van der Waals surface area contributed by atoms with Crippen LogP contribution in [-0.4, -0.2) is 55.1 Å². The molecule has 1 aromatic rings. The van der Waals surface area contributed by atoms with E-state index in [1.807, 2.05) is 41.8 Å². The third kappa shape index (κ3) is 4.36. The second-order valence-electron chi connectivity index (χ2n) is 7.21. The van der Waals surface area contributed by atoms with E-state index in [1.165, 1.54) is 6.20 Å². The summed E-state index contributed by atoms with van der Waals surface area (Å²) in [6.45, 7) is 7.90. The van der Waals surface area contributed by atoms with E-state index in [2.05, 4.69) is 9.98 Å². The summed E-state index contributed by atoms with van der Waals surface area (Å²) in [4.78, 5) is 10.2. The van der Waals surface area contributed by atoms with Gasteiger partial charge in [0.1, 0.15) is 0 Å². The van der Waals surface area contributed by atoms with Crippen LogP contribution in [0.3, 0.4) is 0 Å². The Balaban J connectivity index is 2.37. The molecule has 0 bridgehead atoms. The number of hydrogen-bond donors (Lipinski definition) is 0. The van der Waals surface area contributed by atoms with Gasteiger partial charge in [-0.15, -0.1) is 0 Å². The monoisotopic (exact) mass is 353 g/mol. The molecule has 138 valence electrons. The Kier molecular flexibility index (Phi) is 5.84. The average Bonchev–Trinajstić information content (AvgIpc) is 2.75. The van der Waals surface area contributed by atoms with Crippen molar-refractivity contribution in [2.75, 3.05) is 14.1 Å². The van der Waals surface area contributed by atoms with Gasteiger partial charge in [0.15, 0.2) is 5.82 Å². The molecular weight excluding hydrogens is 327 g/mol. The maximum absolute atomic E-state index is 13.1. The highest BCUT2D eigenvalue weighted by atomic mass is 19.3. The highest BCUT2D eigenvalue weighted by Gasteiger charge is 2.54. The lowest BCUT2D eigenvalue weighted by molar-refractivity contribution is -0.0118. The number of pyridine rings is 1. The molecule has 0 saturated carbocycles. The van der Waals surface area contributed by atoms with Crippen LogP contribution in [0.4, 0.5) is 14.6 Å². The second-order valence-corrected chi connectivity index (χ2v) is 7.21. The van der Waals surface area contributed by atoms with Crippen LogP contribution in [0.5, 0.6) is 0 Å². The van der Waals surface area contributed by atoms with Gasteiger partial charge < -0.3 is 14.2 Å². The molecule has 25 heavy (non-hydrogen) atoms. The smallest absolute Gasteiger partial charge is 0.399 e. The van der Waals surface area contributed by atoms with Crippen molar-refractivity contribution >= 4 is 24.7 Å². The van der Waals surface area contributed by atoms with Crippen LogP contribution in [0.1, 0.15) is 39.7 Å². The van der Waals surface area contributed by atoms with Crippen LogP contribution in [0.25, 0.3) is 0 Å². The van der Waals surface area contributed by atoms with Crippen molar-refractivity contribution in [3.05, 3.63) is 17.8 Å². The highest BCUT2D eigenvalue weighted by Crippen LogP contribution is 2.39. The summed E-state index contributed by atoms with van der Waals surface area (Å²) in [5.41, 5.74) is -0.0518. The predicted molar refractivity (Wildman–Crippen MR) is 96.1 cm³/mol. The second kappa shape index (κ2) is 7.37. The lowest BCUT2D eigenvalue weighted by Gasteiger charge is -2.35. The maximum Gasteiger partial charge on any atom is 0.496 e. The first kappa shape index (κ1) is 19.8. The van der Waals surface area contributed by atoms with E-state index in [1.54, 1.807) is 17.3 Å². The first-order valence-electron chi connectivity index (χ1n) is 8.41. The molecule has 1 aliphatic rings. The van der Waals surface area contributed by atoms with Gasteiger partial charge >= 0.3 is 7.12 Å². The number of nitrogens with zero attached hydrogens (tertiary/aromatic N) is 3. The highest BCUT2D eigenvalue weighted by molar-refractivity contribution is 6.62. The summed E-state index contributed by atoms with van der Waals surface area (Å²) >= 11 is 0. The molecule has 0 aliphatic carbocycles. The number of rotatable bonds is 6. The average molecular weight is 353 g/mol. The van der Waals surface area contributed by atoms with E-state index < -0.39 is 31.2 Å². The van der Waals surface area contributed by atoms with Gasteiger partial charge in [0.25, 0.3) is 0 Å². The zero-order chi connectivity index (χ0) is 18.8. The molecule has 8 heteroatoms. The minimum atomic E-state index is -2.47. The number of aliphatic imine (C=N–C) groups is 1. The van der Waals surface area contributed by atoms with Crippen molar-refractivity contribution in [3.8, 4) is 0 Å². The standard InChI is InChI=1S/C17H26BF2N3O2/c1-7-17(4)16(2,3)24-18(25-17)13-10-21-15(22-11-23(5)6)9-12(13)8-14(19)20/h9-11,14H,7-8H2,1-6H3/b22-11+. The zero-order valence-corrected chi connectivity index (χ0v) is 15.7. The van der Waals surface area contributed by atoms with E-state index in [9.17, 15) is 8.78 Å². The lowest BCUT2D eigenvalue weighted by Crippen LogP contribution is -2.44. The van der Waals surface area contributed by atoms with Crippen LogP contribution in [-0.2, 0) is 15.7 Å². The van der Waals surface area contributed by atoms with Gasteiger partial charge in [-0.1, -0.05) is 6.92 Å². The van der Waals surface area contributed by atoms with Gasteiger partial charge in [-0.3, -0.25) is 0 Å². The first-order valence-corrected chi connectivity index (χ1v) is 8.41. The number of hydrogen-bond acceptors (Lipinski definition) is 4. The van der Waals surface area contributed by atoms with E-state index in [-0.39, 0.29) is 0 Å². The fraction of sp³-hybridized carbons (Fsp3) is 0.647. The largest absolute Gasteiger partial charge is 0.496 e. The number of aromatic nitrogens is 1. The van der Waals surface area contributed by atoms with E-state index in [4.69, 9.17) is 9.31 Å². The van der Waals surface area contributed by atoms with Crippen LogP contribution in [0.15, 0.2) is 17.3 Å². The summed E-state index contributed by atoms with van der Waals surface area (Å²) in [6.07, 6.45) is 0.989. The van der Waals surface area contributed by atoms with Crippen molar-refractivity contribution < 1.29 is 18.1 Å². The molecule has 1 atom stereocenters. The van der Waals surface area contributed by atoms with Crippen LogP contribution in [0, 0.1) is 0 Å². The molecule has 5 nitrogen and oxygen atoms in total. The number of alkyl halides is 2. The molecule has 2 rings (SSSR count). The molecule has 0 radical (unpaired) electrons. The number of halogens is 2. The molecule has 1 fully saturated rings. The Morgan fingerprint density at radius 2 is 2.00 bits per heavy atom. The summed E-state index contributed by atoms with van der Waals surface area (Å²) in [6, 6.07) is 1.57. The van der Waals surface area contributed by atoms with E-state index in [0.29, 0.717) is 16.8 Å². The van der Waals surface area contributed by atoms with Crippen molar-refractivity contribution in [1.29, 1.82) is 0 Å². The summed E-state index contributed by atoms with van der Waals surface area (Å²) in [7, 11) is 2.94. The minimum Gasteiger partial charge on any atom is -0.399 e. The lowest BCUT2D eigenvalue weighted by atomic mass is 9.76. The van der Waals surface area contributed by atoms with Crippen molar-refractivity contribution in [2.24, 2.45) is 4.99 Å². The van der Waals surface area contributed by atoms with Crippen molar-refractivity contribution in [2.45, 2.75) is 58.2 Å². The molecule has 1 unspecified atom stereocenters. The van der Waals surface area contributed by atoms with Crippen molar-refractivity contribution in [3.63, 3.8) is 0 Å². The van der Waals surface area contributed by atoms with Crippen LogP contribution >= 0.6 is 0 Å². The molecule has 0 amide bonds. The van der Waals surface area contributed by atoms with Gasteiger partial charge in [0.05, 0.1) is 17.5 Å².